The summed E-state index contributed by atoms with van der Waals surface area (Å²) in [4.78, 5) is 2.11. The molecule has 1 saturated carbocycles. The van der Waals surface area contributed by atoms with E-state index in [0.29, 0.717) is 22.6 Å². The standard InChI is InChI=1S/C23H22F2S/c1-2-4-15-7-9-16(10-8-15)18-11-12-19(23(25)22(18)24)21-14-13-20(26-21)17-5-3-6-17/h7-14,17H,2-6H2,1H3. The molecule has 1 heterocycles. The van der Waals surface area contributed by atoms with E-state index in [2.05, 4.69) is 13.0 Å². The van der Waals surface area contributed by atoms with Crippen LogP contribution in [0.25, 0.3) is 21.6 Å². The van der Waals surface area contributed by atoms with Crippen LogP contribution in [-0.2, 0) is 6.42 Å². The van der Waals surface area contributed by atoms with Crippen LogP contribution in [0, 0.1) is 11.6 Å². The Morgan fingerprint density at radius 2 is 1.58 bits per heavy atom. The van der Waals surface area contributed by atoms with Crippen molar-refractivity contribution in [1.82, 2.24) is 0 Å². The molecule has 4 rings (SSSR count). The van der Waals surface area contributed by atoms with Crippen molar-refractivity contribution in [3.05, 3.63) is 70.6 Å². The highest BCUT2D eigenvalue weighted by Gasteiger charge is 2.23. The van der Waals surface area contributed by atoms with E-state index < -0.39 is 11.6 Å². The molecule has 1 fully saturated rings. The maximum atomic E-state index is 14.8. The minimum absolute atomic E-state index is 0.324. The summed E-state index contributed by atoms with van der Waals surface area (Å²) in [5, 5.41) is 0. The summed E-state index contributed by atoms with van der Waals surface area (Å²) in [5.74, 6) is -0.894. The molecule has 1 aliphatic carbocycles. The summed E-state index contributed by atoms with van der Waals surface area (Å²) < 4.78 is 29.5. The van der Waals surface area contributed by atoms with Gasteiger partial charge in [0.15, 0.2) is 11.6 Å². The quantitative estimate of drug-likeness (QED) is 0.435. The Morgan fingerprint density at radius 1 is 0.885 bits per heavy atom. The average Bonchev–Trinajstić information content (AvgIpc) is 3.06. The number of hydrogen-bond acceptors (Lipinski definition) is 1. The molecule has 1 aliphatic rings. The van der Waals surface area contributed by atoms with Crippen molar-refractivity contribution in [2.24, 2.45) is 0 Å². The molecule has 26 heavy (non-hydrogen) atoms. The van der Waals surface area contributed by atoms with Gasteiger partial charge in [0.25, 0.3) is 0 Å². The van der Waals surface area contributed by atoms with Gasteiger partial charge in [0.1, 0.15) is 0 Å². The van der Waals surface area contributed by atoms with Gasteiger partial charge < -0.3 is 0 Å². The molecule has 2 aromatic carbocycles. The average molecular weight is 368 g/mol. The smallest absolute Gasteiger partial charge is 0.168 e. The molecule has 3 aromatic rings. The summed E-state index contributed by atoms with van der Waals surface area (Å²) in [7, 11) is 0. The van der Waals surface area contributed by atoms with E-state index in [9.17, 15) is 8.78 Å². The zero-order valence-corrected chi connectivity index (χ0v) is 15.7. The molecule has 3 heteroatoms. The second-order valence-electron chi connectivity index (χ2n) is 7.07. The molecule has 0 bridgehead atoms. The van der Waals surface area contributed by atoms with Gasteiger partial charge in [0, 0.05) is 20.9 Å². The molecule has 0 saturated heterocycles. The first-order valence-electron chi connectivity index (χ1n) is 9.34. The molecule has 1 aromatic heterocycles. The molecular weight excluding hydrogens is 346 g/mol. The fourth-order valence-corrected chi connectivity index (χ4v) is 4.71. The molecule has 0 radical (unpaired) electrons. The zero-order chi connectivity index (χ0) is 18.1. The summed E-state index contributed by atoms with van der Waals surface area (Å²) in [6.07, 6.45) is 5.76. The Hall–Kier alpha value is -2.00. The van der Waals surface area contributed by atoms with Crippen molar-refractivity contribution in [3.8, 4) is 21.6 Å². The first kappa shape index (κ1) is 17.4. The molecule has 0 nitrogen and oxygen atoms in total. The second-order valence-corrected chi connectivity index (χ2v) is 8.18. The molecule has 0 unspecified atom stereocenters. The number of aryl methyl sites for hydroxylation is 1. The van der Waals surface area contributed by atoms with Crippen LogP contribution in [0.2, 0.25) is 0 Å². The lowest BCUT2D eigenvalue weighted by atomic mass is 9.84. The predicted molar refractivity (Wildman–Crippen MR) is 106 cm³/mol. The molecule has 0 N–H and O–H groups in total. The highest BCUT2D eigenvalue weighted by molar-refractivity contribution is 7.15. The van der Waals surface area contributed by atoms with Crippen LogP contribution in [0.4, 0.5) is 8.78 Å². The van der Waals surface area contributed by atoms with Gasteiger partial charge in [-0.2, -0.15) is 0 Å². The van der Waals surface area contributed by atoms with Gasteiger partial charge in [-0.25, -0.2) is 8.78 Å². The topological polar surface area (TPSA) is 0 Å². The molecule has 0 spiro atoms. The number of benzene rings is 2. The highest BCUT2D eigenvalue weighted by Crippen LogP contribution is 2.43. The predicted octanol–water partition coefficient (Wildman–Crippen LogP) is 7.58. The van der Waals surface area contributed by atoms with Crippen molar-refractivity contribution < 1.29 is 8.78 Å². The van der Waals surface area contributed by atoms with E-state index in [1.807, 2.05) is 30.3 Å². The zero-order valence-electron chi connectivity index (χ0n) is 14.9. The van der Waals surface area contributed by atoms with Crippen LogP contribution in [0.3, 0.4) is 0 Å². The Bertz CT molecular complexity index is 904. The molecular formula is C23H22F2S. The third-order valence-electron chi connectivity index (χ3n) is 5.29. The first-order chi connectivity index (χ1) is 12.7. The molecule has 134 valence electrons. The Balaban J connectivity index is 1.65. The number of hydrogen-bond donors (Lipinski definition) is 0. The van der Waals surface area contributed by atoms with E-state index in [4.69, 9.17) is 0 Å². The lowest BCUT2D eigenvalue weighted by Gasteiger charge is -2.23. The van der Waals surface area contributed by atoms with Crippen LogP contribution < -0.4 is 0 Å². The summed E-state index contributed by atoms with van der Waals surface area (Å²) in [6, 6.07) is 15.2. The minimum Gasteiger partial charge on any atom is -0.203 e. The van der Waals surface area contributed by atoms with E-state index in [1.54, 1.807) is 23.5 Å². The van der Waals surface area contributed by atoms with Gasteiger partial charge in [-0.1, -0.05) is 50.1 Å². The normalized spacial score (nSPS) is 14.4. The lowest BCUT2D eigenvalue weighted by molar-refractivity contribution is 0.426. The first-order valence-corrected chi connectivity index (χ1v) is 10.2. The van der Waals surface area contributed by atoms with Gasteiger partial charge in [0.05, 0.1) is 0 Å². The third-order valence-corrected chi connectivity index (χ3v) is 6.57. The largest absolute Gasteiger partial charge is 0.203 e. The number of rotatable bonds is 5. The maximum Gasteiger partial charge on any atom is 0.168 e. The van der Waals surface area contributed by atoms with Crippen molar-refractivity contribution in [2.75, 3.05) is 0 Å². The van der Waals surface area contributed by atoms with Crippen LogP contribution in [0.1, 0.15) is 49.0 Å². The number of halogens is 2. The van der Waals surface area contributed by atoms with Crippen molar-refractivity contribution in [1.29, 1.82) is 0 Å². The van der Waals surface area contributed by atoms with Crippen molar-refractivity contribution in [3.63, 3.8) is 0 Å². The highest BCUT2D eigenvalue weighted by atomic mass is 32.1. The van der Waals surface area contributed by atoms with E-state index >= 15 is 0 Å². The van der Waals surface area contributed by atoms with Crippen LogP contribution in [0.5, 0.6) is 0 Å². The van der Waals surface area contributed by atoms with Gasteiger partial charge >= 0.3 is 0 Å². The van der Waals surface area contributed by atoms with Gasteiger partial charge in [-0.15, -0.1) is 11.3 Å². The summed E-state index contributed by atoms with van der Waals surface area (Å²) in [6.45, 7) is 2.13. The van der Waals surface area contributed by atoms with E-state index in [-0.39, 0.29) is 0 Å². The summed E-state index contributed by atoms with van der Waals surface area (Å²) >= 11 is 1.60. The maximum absolute atomic E-state index is 14.8. The third kappa shape index (κ3) is 3.21. The van der Waals surface area contributed by atoms with Gasteiger partial charge in [-0.3, -0.25) is 0 Å². The molecule has 0 atom stereocenters. The van der Waals surface area contributed by atoms with Crippen LogP contribution >= 0.6 is 11.3 Å². The van der Waals surface area contributed by atoms with Crippen molar-refractivity contribution in [2.45, 2.75) is 44.9 Å². The Kier molecular flexibility index (Phi) is 4.90. The van der Waals surface area contributed by atoms with Crippen LogP contribution in [-0.4, -0.2) is 0 Å². The van der Waals surface area contributed by atoms with Gasteiger partial charge in [0.2, 0.25) is 0 Å². The van der Waals surface area contributed by atoms with Crippen molar-refractivity contribution >= 4 is 11.3 Å². The molecule has 0 aliphatic heterocycles. The van der Waals surface area contributed by atoms with E-state index in [1.165, 1.54) is 29.7 Å². The monoisotopic (exact) mass is 368 g/mol. The fraction of sp³-hybridized carbons (Fsp3) is 0.304. The summed E-state index contributed by atoms with van der Waals surface area (Å²) in [5.41, 5.74) is 2.62. The Labute approximate surface area is 157 Å². The second kappa shape index (κ2) is 7.32. The Morgan fingerprint density at radius 3 is 2.23 bits per heavy atom. The van der Waals surface area contributed by atoms with E-state index in [0.717, 1.165) is 17.7 Å². The van der Waals surface area contributed by atoms with Crippen LogP contribution in [0.15, 0.2) is 48.5 Å². The SMILES string of the molecule is CCCc1ccc(-c2ccc(-c3ccc(C4CCC4)s3)c(F)c2F)cc1. The lowest BCUT2D eigenvalue weighted by Crippen LogP contribution is -2.06. The fourth-order valence-electron chi connectivity index (χ4n) is 3.51. The molecule has 0 amide bonds. The number of thiophene rings is 1. The van der Waals surface area contributed by atoms with Gasteiger partial charge in [-0.05, 0) is 54.5 Å². The minimum atomic E-state index is -0.760.